The van der Waals surface area contributed by atoms with Crippen LogP contribution < -0.4 is 14.4 Å². The van der Waals surface area contributed by atoms with E-state index >= 15 is 0 Å². The first kappa shape index (κ1) is 23.0. The maximum absolute atomic E-state index is 13.0. The lowest BCUT2D eigenvalue weighted by atomic mass is 10.1. The molecule has 1 aromatic heterocycles. The average molecular weight is 470 g/mol. The molecular formula is C29H31N3O3. The van der Waals surface area contributed by atoms with Crippen molar-refractivity contribution in [1.82, 2.24) is 9.55 Å². The first-order valence-electron chi connectivity index (χ1n) is 12.4. The molecule has 0 spiro atoms. The summed E-state index contributed by atoms with van der Waals surface area (Å²) >= 11 is 0. The van der Waals surface area contributed by atoms with E-state index in [4.69, 9.17) is 14.5 Å². The fraction of sp³-hybridized carbons (Fsp3) is 0.310. The van der Waals surface area contributed by atoms with Crippen molar-refractivity contribution < 1.29 is 14.3 Å². The van der Waals surface area contributed by atoms with Gasteiger partial charge in [-0.05, 0) is 68.3 Å². The second kappa shape index (κ2) is 10.6. The van der Waals surface area contributed by atoms with Gasteiger partial charge in [0.15, 0.2) is 0 Å². The molecule has 1 atom stereocenters. The zero-order valence-electron chi connectivity index (χ0n) is 20.1. The molecule has 4 aromatic rings. The molecule has 0 saturated carbocycles. The predicted octanol–water partition coefficient (Wildman–Crippen LogP) is 5.81. The number of carbonyl (C=O) groups excluding carboxylic acids is 1. The Kier molecular flexibility index (Phi) is 6.98. The average Bonchev–Trinajstić information content (AvgIpc) is 3.46. The van der Waals surface area contributed by atoms with Gasteiger partial charge >= 0.3 is 0 Å². The van der Waals surface area contributed by atoms with Gasteiger partial charge in [0, 0.05) is 31.1 Å². The van der Waals surface area contributed by atoms with Crippen LogP contribution in [-0.4, -0.2) is 35.2 Å². The Morgan fingerprint density at radius 1 is 0.886 bits per heavy atom. The van der Waals surface area contributed by atoms with Gasteiger partial charge in [0.1, 0.15) is 17.3 Å². The van der Waals surface area contributed by atoms with E-state index in [1.165, 1.54) is 0 Å². The molecule has 1 saturated heterocycles. The van der Waals surface area contributed by atoms with Gasteiger partial charge in [-0.3, -0.25) is 4.79 Å². The molecule has 1 amide bonds. The van der Waals surface area contributed by atoms with Gasteiger partial charge in [-0.2, -0.15) is 0 Å². The Balaban J connectivity index is 1.29. The zero-order chi connectivity index (χ0) is 24.0. The number of aryl methyl sites for hydroxylation is 1. The summed E-state index contributed by atoms with van der Waals surface area (Å²) in [5.74, 6) is 2.91. The Morgan fingerprint density at radius 2 is 1.63 bits per heavy atom. The summed E-state index contributed by atoms with van der Waals surface area (Å²) < 4.78 is 13.7. The molecule has 2 heterocycles. The van der Waals surface area contributed by atoms with Crippen LogP contribution in [-0.2, 0) is 11.3 Å². The fourth-order valence-corrected chi connectivity index (χ4v) is 4.74. The van der Waals surface area contributed by atoms with Crippen molar-refractivity contribution >= 4 is 22.6 Å². The van der Waals surface area contributed by atoms with Gasteiger partial charge in [-0.1, -0.05) is 30.3 Å². The molecule has 1 aliphatic heterocycles. The molecule has 5 rings (SSSR count). The van der Waals surface area contributed by atoms with Gasteiger partial charge in [-0.15, -0.1) is 0 Å². The third-order valence-electron chi connectivity index (χ3n) is 6.42. The van der Waals surface area contributed by atoms with Gasteiger partial charge in [-0.25, -0.2) is 4.98 Å². The number of rotatable bonds is 10. The highest BCUT2D eigenvalue weighted by molar-refractivity contribution is 5.96. The van der Waals surface area contributed by atoms with Gasteiger partial charge in [0.2, 0.25) is 5.91 Å². The van der Waals surface area contributed by atoms with Crippen LogP contribution in [0.3, 0.4) is 0 Å². The van der Waals surface area contributed by atoms with E-state index in [2.05, 4.69) is 22.8 Å². The number of amides is 1. The molecule has 0 unspecified atom stereocenters. The van der Waals surface area contributed by atoms with Crippen LogP contribution in [0.15, 0.2) is 78.9 Å². The van der Waals surface area contributed by atoms with E-state index in [0.29, 0.717) is 26.2 Å². The van der Waals surface area contributed by atoms with Crippen molar-refractivity contribution in [3.8, 4) is 11.5 Å². The molecule has 35 heavy (non-hydrogen) atoms. The van der Waals surface area contributed by atoms with Crippen molar-refractivity contribution in [2.75, 3.05) is 24.7 Å². The zero-order valence-corrected chi connectivity index (χ0v) is 20.1. The topological polar surface area (TPSA) is 56.6 Å². The molecule has 180 valence electrons. The van der Waals surface area contributed by atoms with Crippen LogP contribution in [0.2, 0.25) is 0 Å². The molecule has 1 aliphatic rings. The van der Waals surface area contributed by atoms with Crippen LogP contribution in [0.5, 0.6) is 11.5 Å². The van der Waals surface area contributed by atoms with E-state index in [1.807, 2.05) is 72.5 Å². The highest BCUT2D eigenvalue weighted by atomic mass is 16.5. The molecule has 0 bridgehead atoms. The van der Waals surface area contributed by atoms with Gasteiger partial charge < -0.3 is 18.9 Å². The maximum atomic E-state index is 13.0. The number of para-hydroxylation sites is 3. The number of nitrogens with zero attached hydrogens (tertiary/aromatic N) is 3. The number of anilines is 1. The van der Waals surface area contributed by atoms with Crippen LogP contribution >= 0.6 is 0 Å². The van der Waals surface area contributed by atoms with Crippen LogP contribution in [0, 0.1) is 0 Å². The summed E-state index contributed by atoms with van der Waals surface area (Å²) in [6.45, 7) is 4.75. The lowest BCUT2D eigenvalue weighted by molar-refractivity contribution is -0.117. The van der Waals surface area contributed by atoms with Crippen molar-refractivity contribution in [2.45, 2.75) is 38.6 Å². The largest absolute Gasteiger partial charge is 0.494 e. The minimum absolute atomic E-state index is 0.0574. The monoisotopic (exact) mass is 469 g/mol. The van der Waals surface area contributed by atoms with Crippen molar-refractivity contribution in [3.05, 3.63) is 84.7 Å². The van der Waals surface area contributed by atoms with E-state index in [0.717, 1.165) is 53.4 Å². The number of aromatic nitrogens is 2. The smallest absolute Gasteiger partial charge is 0.227 e. The van der Waals surface area contributed by atoms with Crippen molar-refractivity contribution in [1.29, 1.82) is 0 Å². The molecular weight excluding hydrogens is 438 g/mol. The minimum atomic E-state index is 0.0574. The molecule has 1 fully saturated rings. The van der Waals surface area contributed by atoms with E-state index in [9.17, 15) is 4.79 Å². The highest BCUT2D eigenvalue weighted by Crippen LogP contribution is 2.34. The number of hydrogen-bond acceptors (Lipinski definition) is 4. The normalized spacial score (nSPS) is 15.6. The van der Waals surface area contributed by atoms with E-state index < -0.39 is 0 Å². The number of carbonyl (C=O) groups is 1. The Bertz CT molecular complexity index is 1270. The van der Waals surface area contributed by atoms with E-state index in [-0.39, 0.29) is 11.8 Å². The SMILES string of the molecule is CCOc1ccc(N2C[C@@H](c3nc4ccccc4n3CCCCOc3ccccc3)CC2=O)cc1. The molecule has 0 N–H and O–H groups in total. The van der Waals surface area contributed by atoms with Crippen LogP contribution in [0.1, 0.15) is 37.9 Å². The van der Waals surface area contributed by atoms with Gasteiger partial charge in [0.25, 0.3) is 0 Å². The summed E-state index contributed by atoms with van der Waals surface area (Å²) in [6, 6.07) is 25.9. The second-order valence-electron chi connectivity index (χ2n) is 8.81. The van der Waals surface area contributed by atoms with E-state index in [1.54, 1.807) is 0 Å². The van der Waals surface area contributed by atoms with Crippen molar-refractivity contribution in [2.24, 2.45) is 0 Å². The summed E-state index contributed by atoms with van der Waals surface area (Å²) in [5, 5.41) is 0. The van der Waals surface area contributed by atoms with Crippen LogP contribution in [0.25, 0.3) is 11.0 Å². The summed E-state index contributed by atoms with van der Waals surface area (Å²) in [4.78, 5) is 19.8. The quantitative estimate of drug-likeness (QED) is 0.275. The molecule has 6 heteroatoms. The minimum Gasteiger partial charge on any atom is -0.494 e. The third kappa shape index (κ3) is 5.16. The molecule has 6 nitrogen and oxygen atoms in total. The standard InChI is InChI=1S/C29H31N3O3/c1-2-34-25-16-14-23(15-17-25)32-21-22(20-28(32)33)29-30-26-12-6-7-13-27(26)31(29)18-8-9-19-35-24-10-4-3-5-11-24/h3-7,10-17,22H,2,8-9,18-21H2,1H3/t22-/m0/s1. The predicted molar refractivity (Wildman–Crippen MR) is 138 cm³/mol. The summed E-state index contributed by atoms with van der Waals surface area (Å²) in [5.41, 5.74) is 3.01. The van der Waals surface area contributed by atoms with Crippen LogP contribution in [0.4, 0.5) is 5.69 Å². The maximum Gasteiger partial charge on any atom is 0.227 e. The van der Waals surface area contributed by atoms with Gasteiger partial charge in [0.05, 0.1) is 24.2 Å². The first-order valence-corrected chi connectivity index (χ1v) is 12.4. The Labute approximate surface area is 206 Å². The Hall–Kier alpha value is -3.80. The third-order valence-corrected chi connectivity index (χ3v) is 6.42. The summed E-state index contributed by atoms with van der Waals surface area (Å²) in [7, 11) is 0. The molecule has 0 aliphatic carbocycles. The second-order valence-corrected chi connectivity index (χ2v) is 8.81. The lowest BCUT2D eigenvalue weighted by Crippen LogP contribution is -2.24. The Morgan fingerprint density at radius 3 is 2.43 bits per heavy atom. The number of imidazole rings is 1. The number of ether oxygens (including phenoxy) is 2. The number of unbranched alkanes of at least 4 members (excludes halogenated alkanes) is 1. The lowest BCUT2D eigenvalue weighted by Gasteiger charge is -2.18. The van der Waals surface area contributed by atoms with Crippen molar-refractivity contribution in [3.63, 3.8) is 0 Å². The molecule has 0 radical (unpaired) electrons. The summed E-state index contributed by atoms with van der Waals surface area (Å²) in [6.07, 6.45) is 2.39. The highest BCUT2D eigenvalue weighted by Gasteiger charge is 2.34. The number of benzene rings is 3. The molecule has 3 aromatic carbocycles. The fourth-order valence-electron chi connectivity index (χ4n) is 4.74. The number of fused-ring (bicyclic) bond motifs is 1. The number of hydrogen-bond donors (Lipinski definition) is 0. The first-order chi connectivity index (χ1) is 17.2.